The summed E-state index contributed by atoms with van der Waals surface area (Å²) in [4.78, 5) is 10.2. The van der Waals surface area contributed by atoms with Crippen LogP contribution in [0.2, 0.25) is 0 Å². The average Bonchev–Trinajstić information content (AvgIpc) is 2.94. The molecule has 0 aromatic heterocycles. The molecular weight excluding hydrogens is 345 g/mol. The van der Waals surface area contributed by atoms with Crippen molar-refractivity contribution in [3.63, 3.8) is 0 Å². The van der Waals surface area contributed by atoms with Gasteiger partial charge < -0.3 is 10.1 Å². The van der Waals surface area contributed by atoms with Crippen LogP contribution in [0.1, 0.15) is 26.7 Å². The lowest BCUT2D eigenvalue weighted by atomic mass is 9.84. The zero-order chi connectivity index (χ0) is 18.1. The third-order valence-electron chi connectivity index (χ3n) is 4.60. The van der Waals surface area contributed by atoms with E-state index >= 15 is 0 Å². The van der Waals surface area contributed by atoms with Crippen LogP contribution in [0.15, 0.2) is 23.0 Å². The first-order valence-electron chi connectivity index (χ1n) is 7.67. The van der Waals surface area contributed by atoms with E-state index in [-0.39, 0.29) is 12.3 Å². The van der Waals surface area contributed by atoms with Crippen molar-refractivity contribution in [1.82, 2.24) is 5.32 Å². The van der Waals surface area contributed by atoms with Gasteiger partial charge in [-0.05, 0) is 12.7 Å². The minimum atomic E-state index is -4.68. The lowest BCUT2D eigenvalue weighted by molar-refractivity contribution is -0.433. The van der Waals surface area contributed by atoms with Gasteiger partial charge in [-0.3, -0.25) is 10.1 Å². The number of nitrogens with one attached hydrogen (secondary N) is 1. The Morgan fingerprint density at radius 1 is 1.46 bits per heavy atom. The van der Waals surface area contributed by atoms with Crippen molar-refractivity contribution in [2.45, 2.75) is 44.5 Å². The number of nitro groups is 1. The maximum absolute atomic E-state index is 13.1. The first-order chi connectivity index (χ1) is 11.1. The second kappa shape index (κ2) is 6.95. The van der Waals surface area contributed by atoms with Gasteiger partial charge in [0.15, 0.2) is 0 Å². The summed E-state index contributed by atoms with van der Waals surface area (Å²) in [5.41, 5.74) is -1.68. The summed E-state index contributed by atoms with van der Waals surface area (Å²) in [7, 11) is 1.56. The maximum Gasteiger partial charge on any atom is 0.418 e. The van der Waals surface area contributed by atoms with Crippen molar-refractivity contribution in [2.24, 2.45) is 5.92 Å². The van der Waals surface area contributed by atoms with Crippen LogP contribution in [0, 0.1) is 16.0 Å². The molecule has 0 aromatic carbocycles. The summed E-state index contributed by atoms with van der Waals surface area (Å²) in [6.07, 6.45) is -3.49. The number of halogens is 3. The minimum absolute atomic E-state index is 0.219. The molecule has 2 aliphatic rings. The number of fused-ring (bicyclic) bond motifs is 1. The van der Waals surface area contributed by atoms with Crippen LogP contribution in [0.3, 0.4) is 0 Å². The van der Waals surface area contributed by atoms with E-state index in [0.717, 1.165) is 5.75 Å². The Morgan fingerprint density at radius 3 is 2.62 bits per heavy atom. The molecule has 1 heterocycles. The van der Waals surface area contributed by atoms with Gasteiger partial charge in [0.25, 0.3) is 5.70 Å². The van der Waals surface area contributed by atoms with Crippen LogP contribution in [-0.4, -0.2) is 41.4 Å². The Labute approximate surface area is 142 Å². The molecule has 0 saturated heterocycles. The van der Waals surface area contributed by atoms with Crippen molar-refractivity contribution in [1.29, 1.82) is 0 Å². The molecule has 0 radical (unpaired) electrons. The number of alkyl halides is 3. The van der Waals surface area contributed by atoms with E-state index in [1.165, 1.54) is 0 Å². The van der Waals surface area contributed by atoms with E-state index in [9.17, 15) is 23.3 Å². The molecule has 2 rings (SSSR count). The van der Waals surface area contributed by atoms with Gasteiger partial charge in [-0.2, -0.15) is 24.9 Å². The smallest absolute Gasteiger partial charge is 0.383 e. The summed E-state index contributed by atoms with van der Waals surface area (Å²) >= 11 is 1.67. The summed E-state index contributed by atoms with van der Waals surface area (Å²) in [5, 5.41) is 14.2. The molecule has 1 aliphatic heterocycles. The number of hydrogen-bond donors (Lipinski definition) is 1. The molecule has 0 spiro atoms. The van der Waals surface area contributed by atoms with E-state index in [1.54, 1.807) is 24.9 Å². The van der Waals surface area contributed by atoms with E-state index in [4.69, 9.17) is 4.74 Å². The van der Waals surface area contributed by atoms with Gasteiger partial charge in [-0.15, -0.1) is 0 Å². The molecule has 0 saturated carbocycles. The third kappa shape index (κ3) is 3.72. The van der Waals surface area contributed by atoms with Crippen LogP contribution < -0.4 is 5.32 Å². The molecule has 0 bridgehead atoms. The normalized spacial score (nSPS) is 26.5. The van der Waals surface area contributed by atoms with Gasteiger partial charge in [0, 0.05) is 43.4 Å². The Morgan fingerprint density at radius 2 is 2.12 bits per heavy atom. The van der Waals surface area contributed by atoms with Crippen LogP contribution >= 0.6 is 11.8 Å². The van der Waals surface area contributed by atoms with E-state index in [1.807, 2.05) is 13.8 Å². The predicted octanol–water partition coefficient (Wildman–Crippen LogP) is 3.50. The molecule has 5 nitrogen and oxygen atoms in total. The van der Waals surface area contributed by atoms with Crippen molar-refractivity contribution >= 4 is 11.8 Å². The number of allylic oxidation sites excluding steroid dienone is 1. The number of thioether (sulfide) groups is 1. The Bertz CT molecular complexity index is 577. The van der Waals surface area contributed by atoms with Gasteiger partial charge in [0.05, 0.1) is 4.92 Å². The predicted molar refractivity (Wildman–Crippen MR) is 86.2 cm³/mol. The second-order valence-electron chi connectivity index (χ2n) is 6.16. The minimum Gasteiger partial charge on any atom is -0.383 e. The van der Waals surface area contributed by atoms with Crippen LogP contribution in [0.4, 0.5) is 13.2 Å². The quantitative estimate of drug-likeness (QED) is 0.576. The number of methoxy groups -OCH3 is 1. The molecule has 9 heteroatoms. The third-order valence-corrected chi connectivity index (χ3v) is 5.77. The van der Waals surface area contributed by atoms with E-state index in [0.29, 0.717) is 11.4 Å². The van der Waals surface area contributed by atoms with Gasteiger partial charge in [0.1, 0.15) is 11.2 Å². The highest BCUT2D eigenvalue weighted by Crippen LogP contribution is 2.43. The molecule has 0 fully saturated rings. The monoisotopic (exact) mass is 366 g/mol. The summed E-state index contributed by atoms with van der Waals surface area (Å²) in [6.45, 7) is 3.89. The first-order valence-corrected chi connectivity index (χ1v) is 8.83. The molecule has 136 valence electrons. The number of rotatable bonds is 6. The SMILES string of the molecule is CCSCC(C)(OC)C1=CC2CC([N+](=O)[O-])=C(C(F)(F)F)CC2N1. The van der Waals surface area contributed by atoms with Gasteiger partial charge >= 0.3 is 6.18 Å². The Hall–Kier alpha value is -1.22. The van der Waals surface area contributed by atoms with E-state index in [2.05, 4.69) is 5.32 Å². The lowest BCUT2D eigenvalue weighted by Crippen LogP contribution is -2.42. The van der Waals surface area contributed by atoms with Crippen molar-refractivity contribution < 1.29 is 22.8 Å². The molecule has 1 aliphatic carbocycles. The second-order valence-corrected chi connectivity index (χ2v) is 7.43. The summed E-state index contributed by atoms with van der Waals surface area (Å²) in [6, 6.07) is -0.485. The van der Waals surface area contributed by atoms with Crippen molar-refractivity contribution in [3.05, 3.63) is 33.2 Å². The molecular formula is C15H21F3N2O3S. The van der Waals surface area contributed by atoms with Crippen molar-refractivity contribution in [2.75, 3.05) is 18.6 Å². The highest BCUT2D eigenvalue weighted by molar-refractivity contribution is 7.99. The highest BCUT2D eigenvalue weighted by Gasteiger charge is 2.49. The fourth-order valence-corrected chi connectivity index (χ4v) is 3.98. The topological polar surface area (TPSA) is 64.4 Å². The fourth-order valence-electron chi connectivity index (χ4n) is 3.11. The highest BCUT2D eigenvalue weighted by atomic mass is 32.2. The first kappa shape index (κ1) is 19.1. The van der Waals surface area contributed by atoms with Crippen LogP contribution in [-0.2, 0) is 4.74 Å². The lowest BCUT2D eigenvalue weighted by Gasteiger charge is -2.32. The molecule has 1 N–H and O–H groups in total. The molecule has 24 heavy (non-hydrogen) atoms. The number of ether oxygens (including phenoxy) is 1. The standard InChI is InChI=1S/C15H21F3N2O3S/c1-4-24-8-14(2,23-3)13-6-9-5-12(20(21)22)10(15(16,17)18)7-11(9)19-13/h6,9,11,19H,4-5,7-8H2,1-3H3. The maximum atomic E-state index is 13.1. The average molecular weight is 366 g/mol. The Balaban J connectivity index is 2.25. The molecule has 0 aromatic rings. The Kier molecular flexibility index (Phi) is 5.54. The summed E-state index contributed by atoms with van der Waals surface area (Å²) < 4.78 is 45.0. The fraction of sp³-hybridized carbons (Fsp3) is 0.733. The summed E-state index contributed by atoms with van der Waals surface area (Å²) in [5.74, 6) is 1.22. The molecule has 3 unspecified atom stereocenters. The van der Waals surface area contributed by atoms with Crippen molar-refractivity contribution in [3.8, 4) is 0 Å². The largest absolute Gasteiger partial charge is 0.418 e. The zero-order valence-corrected chi connectivity index (χ0v) is 14.6. The zero-order valence-electron chi connectivity index (χ0n) is 13.8. The van der Waals surface area contributed by atoms with Gasteiger partial charge in [-0.25, -0.2) is 0 Å². The van der Waals surface area contributed by atoms with Gasteiger partial charge in [-0.1, -0.05) is 13.0 Å². The number of hydrogen-bond acceptors (Lipinski definition) is 5. The van der Waals surface area contributed by atoms with Crippen LogP contribution in [0.5, 0.6) is 0 Å². The van der Waals surface area contributed by atoms with E-state index < -0.39 is 40.4 Å². The number of nitrogens with zero attached hydrogens (tertiary/aromatic N) is 1. The molecule has 0 amide bonds. The van der Waals surface area contributed by atoms with Gasteiger partial charge in [0.2, 0.25) is 0 Å². The van der Waals surface area contributed by atoms with Crippen LogP contribution in [0.25, 0.3) is 0 Å². The molecule has 3 atom stereocenters.